The Hall–Kier alpha value is -0.570. The molecule has 4 rings (SSSR count). The van der Waals surface area contributed by atoms with E-state index in [1.807, 2.05) is 18.2 Å². The second kappa shape index (κ2) is 4.21. The lowest BCUT2D eigenvalue weighted by molar-refractivity contribution is -0.120. The van der Waals surface area contributed by atoms with Crippen LogP contribution in [0.5, 0.6) is 0 Å². The highest BCUT2D eigenvalue weighted by Crippen LogP contribution is 2.51. The van der Waals surface area contributed by atoms with Crippen molar-refractivity contribution in [3.63, 3.8) is 0 Å². The van der Waals surface area contributed by atoms with Crippen LogP contribution in [0.25, 0.3) is 0 Å². The minimum Gasteiger partial charge on any atom is -0.298 e. The lowest BCUT2D eigenvalue weighted by Crippen LogP contribution is -2.40. The summed E-state index contributed by atoms with van der Waals surface area (Å²) in [6.07, 6.45) is 3.51. The number of carbonyl (C=O) groups is 1. The molecule has 4 heteroatoms. The molecule has 0 N–H and O–H groups in total. The zero-order valence-corrected chi connectivity index (χ0v) is 12.0. The normalized spacial score (nSPS) is 39.9. The molecule has 19 heavy (non-hydrogen) atoms. The maximum atomic E-state index is 12.3. The van der Waals surface area contributed by atoms with E-state index in [4.69, 9.17) is 23.2 Å². The van der Waals surface area contributed by atoms with Crippen molar-refractivity contribution >= 4 is 29.0 Å². The molecule has 3 saturated heterocycles. The summed E-state index contributed by atoms with van der Waals surface area (Å²) in [7, 11) is 0. The van der Waals surface area contributed by atoms with Crippen LogP contribution in [0.2, 0.25) is 10.0 Å². The molecule has 0 spiro atoms. The van der Waals surface area contributed by atoms with Gasteiger partial charge in [0.05, 0.1) is 16.6 Å². The molecule has 3 fully saturated rings. The van der Waals surface area contributed by atoms with Crippen molar-refractivity contribution in [3.05, 3.63) is 33.8 Å². The van der Waals surface area contributed by atoms with E-state index in [-0.39, 0.29) is 5.92 Å². The van der Waals surface area contributed by atoms with Gasteiger partial charge in [-0.05, 0) is 42.9 Å². The fourth-order valence-corrected chi connectivity index (χ4v) is 4.68. The smallest absolute Gasteiger partial charge is 0.152 e. The van der Waals surface area contributed by atoms with E-state index in [0.29, 0.717) is 40.4 Å². The second-order valence-electron chi connectivity index (χ2n) is 5.98. The van der Waals surface area contributed by atoms with E-state index in [2.05, 4.69) is 4.90 Å². The SMILES string of the molecule is O=C1CN2C3CC[C@H]2C[C@H](c2ccc(Cl)c(Cl)c2)C13. The van der Waals surface area contributed by atoms with Gasteiger partial charge >= 0.3 is 0 Å². The van der Waals surface area contributed by atoms with Crippen LogP contribution in [0, 0.1) is 5.92 Å². The number of nitrogens with zero attached hydrogens (tertiary/aromatic N) is 1. The number of ketones is 1. The molecule has 0 saturated carbocycles. The zero-order chi connectivity index (χ0) is 13.1. The van der Waals surface area contributed by atoms with Gasteiger partial charge in [0, 0.05) is 18.0 Å². The fourth-order valence-electron chi connectivity index (χ4n) is 4.37. The van der Waals surface area contributed by atoms with E-state index in [1.54, 1.807) is 0 Å². The summed E-state index contributed by atoms with van der Waals surface area (Å²) >= 11 is 12.1. The summed E-state index contributed by atoms with van der Waals surface area (Å²) < 4.78 is 0. The largest absolute Gasteiger partial charge is 0.298 e. The lowest BCUT2D eigenvalue weighted by Gasteiger charge is -2.36. The molecule has 4 bridgehead atoms. The van der Waals surface area contributed by atoms with E-state index in [1.165, 1.54) is 18.4 Å². The van der Waals surface area contributed by atoms with Gasteiger partial charge < -0.3 is 0 Å². The zero-order valence-electron chi connectivity index (χ0n) is 10.5. The molecule has 3 heterocycles. The minimum absolute atomic E-state index is 0.177. The predicted octanol–water partition coefficient (Wildman–Crippen LogP) is 3.51. The van der Waals surface area contributed by atoms with Crippen LogP contribution in [-0.4, -0.2) is 29.3 Å². The summed E-state index contributed by atoms with van der Waals surface area (Å²) in [5.41, 5.74) is 1.19. The van der Waals surface area contributed by atoms with Gasteiger partial charge in [0.2, 0.25) is 0 Å². The Balaban J connectivity index is 1.75. The Kier molecular flexibility index (Phi) is 2.70. The van der Waals surface area contributed by atoms with Crippen LogP contribution in [0.4, 0.5) is 0 Å². The third kappa shape index (κ3) is 1.70. The molecule has 5 atom stereocenters. The third-order valence-corrected chi connectivity index (χ3v) is 5.89. The monoisotopic (exact) mass is 295 g/mol. The van der Waals surface area contributed by atoms with Crippen LogP contribution < -0.4 is 0 Å². The molecule has 0 radical (unpaired) electrons. The molecule has 1 aromatic carbocycles. The van der Waals surface area contributed by atoms with Gasteiger partial charge in [-0.1, -0.05) is 29.3 Å². The topological polar surface area (TPSA) is 20.3 Å². The second-order valence-corrected chi connectivity index (χ2v) is 6.79. The molecule has 0 aliphatic carbocycles. The van der Waals surface area contributed by atoms with Crippen molar-refractivity contribution in [1.82, 2.24) is 4.90 Å². The molecular formula is C15H15Cl2NO. The number of hydrogen-bond donors (Lipinski definition) is 0. The summed E-state index contributed by atoms with van der Waals surface area (Å²) in [6.45, 7) is 0.665. The van der Waals surface area contributed by atoms with E-state index < -0.39 is 0 Å². The first-order chi connectivity index (χ1) is 9.15. The van der Waals surface area contributed by atoms with Gasteiger partial charge in [0.1, 0.15) is 0 Å². The highest BCUT2D eigenvalue weighted by atomic mass is 35.5. The average molecular weight is 296 g/mol. The molecule has 3 aliphatic heterocycles. The maximum absolute atomic E-state index is 12.3. The van der Waals surface area contributed by atoms with Gasteiger partial charge in [-0.3, -0.25) is 9.69 Å². The number of piperidine rings is 1. The van der Waals surface area contributed by atoms with Crippen molar-refractivity contribution in [3.8, 4) is 0 Å². The number of rotatable bonds is 1. The first-order valence-corrected chi connectivity index (χ1v) is 7.64. The van der Waals surface area contributed by atoms with Gasteiger partial charge in [-0.25, -0.2) is 0 Å². The maximum Gasteiger partial charge on any atom is 0.152 e. The quantitative estimate of drug-likeness (QED) is 0.790. The van der Waals surface area contributed by atoms with Gasteiger partial charge in [0.25, 0.3) is 0 Å². The molecule has 3 unspecified atom stereocenters. The summed E-state index contributed by atoms with van der Waals surface area (Å²) in [4.78, 5) is 14.7. The summed E-state index contributed by atoms with van der Waals surface area (Å²) in [5.74, 6) is 0.929. The highest BCUT2D eigenvalue weighted by Gasteiger charge is 2.55. The standard InChI is InChI=1S/C15H15Cl2NO/c16-11-3-1-8(5-12(11)17)10-6-9-2-4-13-15(10)14(19)7-18(9)13/h1,3,5,9-10,13,15H,2,4,6-7H2/t9-,10+,13?,15?/m0/s1. The van der Waals surface area contributed by atoms with Crippen molar-refractivity contribution in [2.24, 2.45) is 5.92 Å². The van der Waals surface area contributed by atoms with Gasteiger partial charge in [-0.15, -0.1) is 0 Å². The minimum atomic E-state index is 0.177. The number of Topliss-reactive ketones (excluding diaryl/α,β-unsaturated/α-hetero) is 1. The van der Waals surface area contributed by atoms with Crippen LogP contribution in [-0.2, 0) is 4.79 Å². The Morgan fingerprint density at radius 3 is 2.79 bits per heavy atom. The molecule has 100 valence electrons. The Labute approximate surface area is 122 Å². The van der Waals surface area contributed by atoms with E-state index >= 15 is 0 Å². The van der Waals surface area contributed by atoms with E-state index in [9.17, 15) is 4.79 Å². The first kappa shape index (κ1) is 12.2. The fraction of sp³-hybridized carbons (Fsp3) is 0.533. The van der Waals surface area contributed by atoms with Crippen molar-refractivity contribution < 1.29 is 4.79 Å². The van der Waals surface area contributed by atoms with Crippen molar-refractivity contribution in [2.75, 3.05) is 6.54 Å². The predicted molar refractivity (Wildman–Crippen MR) is 75.8 cm³/mol. The lowest BCUT2D eigenvalue weighted by atomic mass is 9.77. The van der Waals surface area contributed by atoms with Crippen molar-refractivity contribution in [1.29, 1.82) is 0 Å². The Bertz CT molecular complexity index is 559. The number of halogens is 2. The Morgan fingerprint density at radius 1 is 1.16 bits per heavy atom. The van der Waals surface area contributed by atoms with Crippen LogP contribution in [0.1, 0.15) is 30.7 Å². The first-order valence-electron chi connectivity index (χ1n) is 6.88. The van der Waals surface area contributed by atoms with Gasteiger partial charge in [-0.2, -0.15) is 0 Å². The molecule has 0 aromatic heterocycles. The molecule has 0 amide bonds. The van der Waals surface area contributed by atoms with Crippen LogP contribution in [0.15, 0.2) is 18.2 Å². The number of benzene rings is 1. The third-order valence-electron chi connectivity index (χ3n) is 5.15. The number of carbonyl (C=O) groups excluding carboxylic acids is 1. The molecular weight excluding hydrogens is 281 g/mol. The average Bonchev–Trinajstić information content (AvgIpc) is 2.78. The van der Waals surface area contributed by atoms with Crippen LogP contribution >= 0.6 is 23.2 Å². The highest BCUT2D eigenvalue weighted by molar-refractivity contribution is 6.42. The molecule has 1 aromatic rings. The van der Waals surface area contributed by atoms with Gasteiger partial charge in [0.15, 0.2) is 5.78 Å². The van der Waals surface area contributed by atoms with Crippen molar-refractivity contribution in [2.45, 2.75) is 37.3 Å². The molecule has 3 aliphatic rings. The van der Waals surface area contributed by atoms with Crippen LogP contribution in [0.3, 0.4) is 0 Å². The van der Waals surface area contributed by atoms with E-state index in [0.717, 1.165) is 6.42 Å². The number of hydrogen-bond acceptors (Lipinski definition) is 2. The Morgan fingerprint density at radius 2 is 2.00 bits per heavy atom. The summed E-state index contributed by atoms with van der Waals surface area (Å²) in [6, 6.07) is 6.92. The summed E-state index contributed by atoms with van der Waals surface area (Å²) in [5, 5.41) is 1.18. The molecule has 2 nitrogen and oxygen atoms in total.